The first-order valence-electron chi connectivity index (χ1n) is 11.4. The van der Waals surface area contributed by atoms with Crippen molar-refractivity contribution in [1.82, 2.24) is 10.1 Å². The Balaban J connectivity index is 1.41. The highest BCUT2D eigenvalue weighted by atomic mass is 32.2. The molecule has 3 heterocycles. The summed E-state index contributed by atoms with van der Waals surface area (Å²) in [6, 6.07) is 14.6. The summed E-state index contributed by atoms with van der Waals surface area (Å²) in [4.78, 5) is 15.1. The Kier molecular flexibility index (Phi) is 6.03. The van der Waals surface area contributed by atoms with Gasteiger partial charge in [0, 0.05) is 24.2 Å². The Labute approximate surface area is 198 Å². The number of hydrogen-bond acceptors (Lipinski definition) is 7. The van der Waals surface area contributed by atoms with Crippen LogP contribution in [-0.4, -0.2) is 55.1 Å². The van der Waals surface area contributed by atoms with E-state index in [1.54, 1.807) is 23.1 Å². The lowest BCUT2D eigenvalue weighted by Crippen LogP contribution is -2.40. The molecule has 0 N–H and O–H groups in total. The number of carbonyl (C=O) groups is 1. The summed E-state index contributed by atoms with van der Waals surface area (Å²) in [5.41, 5.74) is 2.98. The third kappa shape index (κ3) is 4.65. The SMILES string of the molecule is CCc1ccc(CN(C(=O)c2cc(-c3ccc4c(c3)OCCO4)on2)C2CCS(=O)(=O)C2)cc1. The van der Waals surface area contributed by atoms with Crippen molar-refractivity contribution in [2.24, 2.45) is 0 Å². The lowest BCUT2D eigenvalue weighted by molar-refractivity contribution is 0.0670. The quantitative estimate of drug-likeness (QED) is 0.530. The fraction of sp³-hybridized carbons (Fsp3) is 0.360. The molecule has 9 heteroatoms. The molecule has 34 heavy (non-hydrogen) atoms. The van der Waals surface area contributed by atoms with Crippen molar-refractivity contribution >= 4 is 15.7 Å². The van der Waals surface area contributed by atoms with Crippen LogP contribution in [0.5, 0.6) is 11.5 Å². The van der Waals surface area contributed by atoms with Crippen LogP contribution in [0.4, 0.5) is 0 Å². The first-order valence-corrected chi connectivity index (χ1v) is 13.2. The number of sulfone groups is 1. The van der Waals surface area contributed by atoms with Gasteiger partial charge in [-0.25, -0.2) is 8.42 Å². The van der Waals surface area contributed by atoms with Gasteiger partial charge in [0.05, 0.1) is 11.5 Å². The number of rotatable bonds is 6. The maximum atomic E-state index is 13.5. The molecule has 0 radical (unpaired) electrons. The maximum absolute atomic E-state index is 13.5. The van der Waals surface area contributed by atoms with Gasteiger partial charge in [-0.1, -0.05) is 36.3 Å². The highest BCUT2D eigenvalue weighted by molar-refractivity contribution is 7.91. The van der Waals surface area contributed by atoms with Crippen LogP contribution in [-0.2, 0) is 22.8 Å². The van der Waals surface area contributed by atoms with Gasteiger partial charge in [-0.3, -0.25) is 4.79 Å². The zero-order valence-electron chi connectivity index (χ0n) is 18.9. The monoisotopic (exact) mass is 482 g/mol. The van der Waals surface area contributed by atoms with E-state index in [1.807, 2.05) is 30.3 Å². The lowest BCUT2D eigenvalue weighted by Gasteiger charge is -2.27. The van der Waals surface area contributed by atoms with Gasteiger partial charge >= 0.3 is 0 Å². The summed E-state index contributed by atoms with van der Waals surface area (Å²) < 4.78 is 41.0. The van der Waals surface area contributed by atoms with Gasteiger partial charge in [0.2, 0.25) is 0 Å². The number of aryl methyl sites for hydroxylation is 1. The first-order chi connectivity index (χ1) is 16.4. The predicted octanol–water partition coefficient (Wildman–Crippen LogP) is 3.50. The van der Waals surface area contributed by atoms with E-state index in [0.29, 0.717) is 49.0 Å². The Morgan fingerprint density at radius 1 is 1.03 bits per heavy atom. The molecule has 2 aliphatic heterocycles. The van der Waals surface area contributed by atoms with Crippen molar-refractivity contribution in [3.05, 3.63) is 65.4 Å². The summed E-state index contributed by atoms with van der Waals surface area (Å²) in [6.07, 6.45) is 1.33. The molecule has 1 atom stereocenters. The summed E-state index contributed by atoms with van der Waals surface area (Å²) in [5, 5.41) is 4.01. The van der Waals surface area contributed by atoms with Crippen molar-refractivity contribution in [3.8, 4) is 22.8 Å². The van der Waals surface area contributed by atoms with E-state index in [9.17, 15) is 13.2 Å². The molecule has 8 nitrogen and oxygen atoms in total. The van der Waals surface area contributed by atoms with Crippen LogP contribution in [0.3, 0.4) is 0 Å². The predicted molar refractivity (Wildman–Crippen MR) is 126 cm³/mol. The molecule has 0 saturated carbocycles. The van der Waals surface area contributed by atoms with E-state index in [2.05, 4.69) is 12.1 Å². The standard InChI is InChI=1S/C25H26N2O6S/c1-2-17-3-5-18(6-4-17)15-27(20-9-12-34(29,30)16-20)25(28)21-14-23(33-26-21)19-7-8-22-24(13-19)32-11-10-31-22/h3-8,13-14,20H,2,9-12,15-16H2,1H3. The molecule has 1 aromatic heterocycles. The summed E-state index contributed by atoms with van der Waals surface area (Å²) >= 11 is 0. The average molecular weight is 483 g/mol. The molecule has 0 aliphatic carbocycles. The molecule has 0 spiro atoms. The minimum absolute atomic E-state index is 0.0430. The molecule has 2 aromatic carbocycles. The number of aromatic nitrogens is 1. The Bertz CT molecular complexity index is 1300. The zero-order valence-corrected chi connectivity index (χ0v) is 19.7. The van der Waals surface area contributed by atoms with Crippen LogP contribution in [0.15, 0.2) is 53.1 Å². The minimum atomic E-state index is -3.17. The number of nitrogens with zero attached hydrogens (tertiary/aromatic N) is 2. The molecular formula is C25H26N2O6S. The third-order valence-corrected chi connectivity index (χ3v) is 8.00. The fourth-order valence-corrected chi connectivity index (χ4v) is 6.05. The molecule has 2 aliphatic rings. The van der Waals surface area contributed by atoms with Crippen molar-refractivity contribution in [2.75, 3.05) is 24.7 Å². The van der Waals surface area contributed by atoms with Gasteiger partial charge in [0.25, 0.3) is 5.91 Å². The highest BCUT2D eigenvalue weighted by Crippen LogP contribution is 2.35. The Hall–Kier alpha value is -3.33. The van der Waals surface area contributed by atoms with Crippen LogP contribution < -0.4 is 9.47 Å². The zero-order chi connectivity index (χ0) is 23.7. The van der Waals surface area contributed by atoms with Gasteiger partial charge in [0.1, 0.15) is 13.2 Å². The second kappa shape index (κ2) is 9.13. The molecule has 1 saturated heterocycles. The fourth-order valence-electron chi connectivity index (χ4n) is 4.32. The summed E-state index contributed by atoms with van der Waals surface area (Å²) in [5.74, 6) is 1.38. The Morgan fingerprint density at radius 2 is 1.76 bits per heavy atom. The van der Waals surface area contributed by atoms with Gasteiger partial charge < -0.3 is 18.9 Å². The van der Waals surface area contributed by atoms with Crippen LogP contribution in [0, 0.1) is 0 Å². The van der Waals surface area contributed by atoms with E-state index >= 15 is 0 Å². The van der Waals surface area contributed by atoms with Crippen LogP contribution in [0.2, 0.25) is 0 Å². The van der Waals surface area contributed by atoms with E-state index in [0.717, 1.165) is 12.0 Å². The summed E-state index contributed by atoms with van der Waals surface area (Å²) in [6.45, 7) is 3.35. The minimum Gasteiger partial charge on any atom is -0.486 e. The van der Waals surface area contributed by atoms with E-state index in [4.69, 9.17) is 14.0 Å². The van der Waals surface area contributed by atoms with E-state index in [-0.39, 0.29) is 23.1 Å². The van der Waals surface area contributed by atoms with Gasteiger partial charge in [-0.2, -0.15) is 0 Å². The smallest absolute Gasteiger partial charge is 0.276 e. The van der Waals surface area contributed by atoms with E-state index < -0.39 is 15.9 Å². The number of fused-ring (bicyclic) bond motifs is 1. The maximum Gasteiger partial charge on any atom is 0.276 e. The van der Waals surface area contributed by atoms with Crippen LogP contribution in [0.25, 0.3) is 11.3 Å². The topological polar surface area (TPSA) is 98.9 Å². The van der Waals surface area contributed by atoms with E-state index in [1.165, 1.54) is 5.56 Å². The van der Waals surface area contributed by atoms with Crippen molar-refractivity contribution < 1.29 is 27.2 Å². The van der Waals surface area contributed by atoms with Crippen LogP contribution >= 0.6 is 0 Å². The molecule has 178 valence electrons. The van der Waals surface area contributed by atoms with Gasteiger partial charge in [-0.15, -0.1) is 0 Å². The molecular weight excluding hydrogens is 456 g/mol. The molecule has 1 unspecified atom stereocenters. The number of ether oxygens (including phenoxy) is 2. The van der Waals surface area contributed by atoms with Gasteiger partial charge in [0.15, 0.2) is 32.8 Å². The van der Waals surface area contributed by atoms with Crippen LogP contribution in [0.1, 0.15) is 35.0 Å². The normalized spacial score (nSPS) is 18.6. The third-order valence-electron chi connectivity index (χ3n) is 6.25. The van der Waals surface area contributed by atoms with Crippen molar-refractivity contribution in [1.29, 1.82) is 0 Å². The number of amides is 1. The largest absolute Gasteiger partial charge is 0.486 e. The summed E-state index contributed by atoms with van der Waals surface area (Å²) in [7, 11) is -3.17. The number of benzene rings is 2. The van der Waals surface area contributed by atoms with Crippen molar-refractivity contribution in [3.63, 3.8) is 0 Å². The second-order valence-electron chi connectivity index (χ2n) is 8.59. The average Bonchev–Trinajstić information content (AvgIpc) is 3.49. The lowest BCUT2D eigenvalue weighted by atomic mass is 10.1. The molecule has 3 aromatic rings. The number of carbonyl (C=O) groups excluding carboxylic acids is 1. The van der Waals surface area contributed by atoms with Gasteiger partial charge in [-0.05, 0) is 42.2 Å². The van der Waals surface area contributed by atoms with Crippen molar-refractivity contribution in [2.45, 2.75) is 32.4 Å². The number of hydrogen-bond donors (Lipinski definition) is 0. The second-order valence-corrected chi connectivity index (χ2v) is 10.8. The molecule has 1 fully saturated rings. The Morgan fingerprint density at radius 3 is 2.47 bits per heavy atom. The molecule has 1 amide bonds. The highest BCUT2D eigenvalue weighted by Gasteiger charge is 2.36. The first kappa shape index (κ1) is 22.5. The molecule has 0 bridgehead atoms. The molecule has 5 rings (SSSR count).